The van der Waals surface area contributed by atoms with E-state index in [0.717, 1.165) is 23.5 Å². The lowest BCUT2D eigenvalue weighted by Gasteiger charge is -2.25. The van der Waals surface area contributed by atoms with Crippen molar-refractivity contribution >= 4 is 28.6 Å². The molecule has 0 saturated carbocycles. The van der Waals surface area contributed by atoms with Crippen molar-refractivity contribution in [2.24, 2.45) is 0 Å². The summed E-state index contributed by atoms with van der Waals surface area (Å²) in [4.78, 5) is 25.6. The second-order valence-corrected chi connectivity index (χ2v) is 6.50. The molecule has 9 heteroatoms. The second-order valence-electron chi connectivity index (χ2n) is 5.68. The van der Waals surface area contributed by atoms with Gasteiger partial charge < -0.3 is 10.2 Å². The largest absolute Gasteiger partial charge is 0.416 e. The lowest BCUT2D eigenvalue weighted by molar-refractivity contribution is -0.137. The molecule has 0 saturated heterocycles. The van der Waals surface area contributed by atoms with Crippen molar-refractivity contribution in [2.75, 3.05) is 23.3 Å². The Balaban J connectivity index is 2.35. The van der Waals surface area contributed by atoms with Gasteiger partial charge in [0.25, 0.3) is 0 Å². The van der Waals surface area contributed by atoms with Crippen molar-refractivity contribution in [1.82, 2.24) is 4.57 Å². The zero-order valence-corrected chi connectivity index (χ0v) is 15.5. The van der Waals surface area contributed by atoms with Gasteiger partial charge >= 0.3 is 11.0 Å². The summed E-state index contributed by atoms with van der Waals surface area (Å²) in [5.74, 6) is -0.554. The minimum Gasteiger partial charge on any atom is -0.370 e. The summed E-state index contributed by atoms with van der Waals surface area (Å²) >= 11 is 0.971. The van der Waals surface area contributed by atoms with Crippen LogP contribution in [0, 0.1) is 6.92 Å². The number of carbonyl (C=O) groups is 1. The summed E-state index contributed by atoms with van der Waals surface area (Å²) < 4.78 is 40.4. The highest BCUT2D eigenvalue weighted by Gasteiger charge is 2.31. The maximum absolute atomic E-state index is 13.0. The first kappa shape index (κ1) is 20.0. The van der Waals surface area contributed by atoms with Gasteiger partial charge in [0.2, 0.25) is 5.91 Å². The van der Waals surface area contributed by atoms with E-state index in [-0.39, 0.29) is 17.1 Å². The number of hydrogen-bond acceptors (Lipinski definition) is 4. The number of alkyl halides is 3. The highest BCUT2D eigenvalue weighted by Crippen LogP contribution is 2.35. The van der Waals surface area contributed by atoms with Crippen molar-refractivity contribution in [3.63, 3.8) is 0 Å². The third kappa shape index (κ3) is 4.46. The summed E-state index contributed by atoms with van der Waals surface area (Å²) in [5, 5.41) is 4.16. The summed E-state index contributed by atoms with van der Waals surface area (Å²) in [6.07, 6.45) is -4.51. The van der Waals surface area contributed by atoms with Gasteiger partial charge in [-0.1, -0.05) is 11.3 Å². The summed E-state index contributed by atoms with van der Waals surface area (Å²) in [6, 6.07) is 3.28. The first-order valence-corrected chi connectivity index (χ1v) is 8.96. The first-order chi connectivity index (χ1) is 12.2. The fourth-order valence-corrected chi connectivity index (χ4v) is 3.32. The molecule has 1 aromatic carbocycles. The van der Waals surface area contributed by atoms with E-state index in [4.69, 9.17) is 0 Å². The van der Waals surface area contributed by atoms with E-state index in [1.54, 1.807) is 12.3 Å². The third-order valence-corrected chi connectivity index (χ3v) is 4.86. The zero-order valence-electron chi connectivity index (χ0n) is 14.7. The molecule has 0 atom stereocenters. The Morgan fingerprint density at radius 2 is 1.92 bits per heavy atom. The average molecular weight is 387 g/mol. The topological polar surface area (TPSA) is 54.3 Å². The molecule has 26 heavy (non-hydrogen) atoms. The van der Waals surface area contributed by atoms with E-state index in [0.29, 0.717) is 24.5 Å². The van der Waals surface area contributed by atoms with E-state index in [9.17, 15) is 22.8 Å². The molecule has 0 bridgehead atoms. The number of amides is 1. The van der Waals surface area contributed by atoms with Gasteiger partial charge in [0.15, 0.2) is 0 Å². The molecule has 2 aromatic rings. The molecule has 1 heterocycles. The molecule has 2 rings (SSSR count). The number of anilines is 2. The SMILES string of the molecule is CCN(CC)c1ccc(C(F)(F)F)cc1NC(=O)Cn1c(C)csc1=O. The van der Waals surface area contributed by atoms with Crippen LogP contribution < -0.4 is 15.1 Å². The van der Waals surface area contributed by atoms with E-state index >= 15 is 0 Å². The smallest absolute Gasteiger partial charge is 0.370 e. The van der Waals surface area contributed by atoms with Crippen molar-refractivity contribution < 1.29 is 18.0 Å². The fourth-order valence-electron chi connectivity index (χ4n) is 2.58. The third-order valence-electron chi connectivity index (χ3n) is 3.98. The van der Waals surface area contributed by atoms with Gasteiger partial charge in [0, 0.05) is 24.2 Å². The molecule has 0 aliphatic carbocycles. The predicted molar refractivity (Wildman–Crippen MR) is 97.0 cm³/mol. The van der Waals surface area contributed by atoms with Crippen LogP contribution in [0.3, 0.4) is 0 Å². The van der Waals surface area contributed by atoms with Gasteiger partial charge in [-0.05, 0) is 39.0 Å². The minimum atomic E-state index is -4.51. The van der Waals surface area contributed by atoms with Crippen LogP contribution in [0.15, 0.2) is 28.4 Å². The van der Waals surface area contributed by atoms with E-state index in [2.05, 4.69) is 5.32 Å². The Morgan fingerprint density at radius 1 is 1.27 bits per heavy atom. The van der Waals surface area contributed by atoms with E-state index < -0.39 is 17.6 Å². The lowest BCUT2D eigenvalue weighted by atomic mass is 10.1. The molecule has 142 valence electrons. The Bertz CT molecular complexity index is 839. The molecule has 0 aliphatic heterocycles. The van der Waals surface area contributed by atoms with Crippen molar-refractivity contribution in [2.45, 2.75) is 33.5 Å². The van der Waals surface area contributed by atoms with Crippen molar-refractivity contribution in [1.29, 1.82) is 0 Å². The maximum Gasteiger partial charge on any atom is 0.416 e. The van der Waals surface area contributed by atoms with Crippen molar-refractivity contribution in [3.8, 4) is 0 Å². The number of carbonyl (C=O) groups excluding carboxylic acids is 1. The summed E-state index contributed by atoms with van der Waals surface area (Å²) in [6.45, 7) is 6.35. The molecular formula is C17H20F3N3O2S. The number of benzene rings is 1. The normalized spacial score (nSPS) is 11.5. The van der Waals surface area contributed by atoms with Gasteiger partial charge in [-0.3, -0.25) is 14.2 Å². The maximum atomic E-state index is 13.0. The Hall–Kier alpha value is -2.29. The molecule has 0 unspecified atom stereocenters. The van der Waals surface area contributed by atoms with Crippen LogP contribution >= 0.6 is 11.3 Å². The quantitative estimate of drug-likeness (QED) is 0.822. The standard InChI is InChI=1S/C17H20F3N3O2S/c1-4-22(5-2)14-7-6-12(17(18,19)20)8-13(14)21-15(24)9-23-11(3)10-26-16(23)25/h6-8,10H,4-5,9H2,1-3H3,(H,21,24). The highest BCUT2D eigenvalue weighted by atomic mass is 32.1. The molecule has 0 fully saturated rings. The number of thiazole rings is 1. The van der Waals surface area contributed by atoms with Gasteiger partial charge in [0.05, 0.1) is 16.9 Å². The zero-order chi connectivity index (χ0) is 19.5. The van der Waals surface area contributed by atoms with E-state index in [1.807, 2.05) is 18.7 Å². The highest BCUT2D eigenvalue weighted by molar-refractivity contribution is 7.07. The van der Waals surface area contributed by atoms with Gasteiger partial charge in [-0.2, -0.15) is 13.2 Å². The van der Waals surface area contributed by atoms with Crippen LogP contribution in [0.25, 0.3) is 0 Å². The molecule has 1 aromatic heterocycles. The number of aryl methyl sites for hydroxylation is 1. The Labute approximate surface area is 153 Å². The predicted octanol–water partition coefficient (Wildman–Crippen LogP) is 3.72. The van der Waals surface area contributed by atoms with Crippen LogP contribution in [0.4, 0.5) is 24.5 Å². The number of halogens is 3. The van der Waals surface area contributed by atoms with Crippen LogP contribution in [-0.2, 0) is 17.5 Å². The van der Waals surface area contributed by atoms with Gasteiger partial charge in [0.1, 0.15) is 6.54 Å². The molecular weight excluding hydrogens is 367 g/mol. The fraction of sp³-hybridized carbons (Fsp3) is 0.412. The number of hydrogen-bond donors (Lipinski definition) is 1. The number of nitrogens with one attached hydrogen (secondary N) is 1. The Morgan fingerprint density at radius 3 is 2.42 bits per heavy atom. The Kier molecular flexibility index (Phi) is 6.12. The molecule has 0 radical (unpaired) electrons. The van der Waals surface area contributed by atoms with Crippen LogP contribution in [0.1, 0.15) is 25.1 Å². The lowest BCUT2D eigenvalue weighted by Crippen LogP contribution is -2.28. The molecule has 0 aliphatic rings. The number of nitrogens with zero attached hydrogens (tertiary/aromatic N) is 2. The van der Waals surface area contributed by atoms with Crippen molar-refractivity contribution in [3.05, 3.63) is 44.5 Å². The molecule has 5 nitrogen and oxygen atoms in total. The number of aromatic nitrogens is 1. The summed E-state index contributed by atoms with van der Waals surface area (Å²) in [7, 11) is 0. The molecule has 0 spiro atoms. The monoisotopic (exact) mass is 387 g/mol. The van der Waals surface area contributed by atoms with Crippen LogP contribution in [-0.4, -0.2) is 23.6 Å². The average Bonchev–Trinajstić information content (AvgIpc) is 2.88. The minimum absolute atomic E-state index is 0.0782. The van der Waals surface area contributed by atoms with Crippen LogP contribution in [0.2, 0.25) is 0 Å². The first-order valence-electron chi connectivity index (χ1n) is 8.08. The molecule has 1 amide bonds. The van der Waals surface area contributed by atoms with Crippen LogP contribution in [0.5, 0.6) is 0 Å². The molecule has 1 N–H and O–H groups in total. The number of rotatable bonds is 6. The summed E-state index contributed by atoms with van der Waals surface area (Å²) in [5.41, 5.74) is 0.371. The van der Waals surface area contributed by atoms with Gasteiger partial charge in [-0.25, -0.2) is 0 Å². The second kappa shape index (κ2) is 7.94. The van der Waals surface area contributed by atoms with E-state index in [1.165, 1.54) is 10.6 Å². The van der Waals surface area contributed by atoms with Gasteiger partial charge in [-0.15, -0.1) is 0 Å².